The monoisotopic (exact) mass is 370 g/mol. The number of likely N-dealkylation sites (tertiary alicyclic amines) is 1. The summed E-state index contributed by atoms with van der Waals surface area (Å²) < 4.78 is 1.29. The predicted octanol–water partition coefficient (Wildman–Crippen LogP) is 4.13. The van der Waals surface area contributed by atoms with Gasteiger partial charge in [-0.15, -0.1) is 0 Å². The van der Waals surface area contributed by atoms with Gasteiger partial charge >= 0.3 is 0 Å². The maximum absolute atomic E-state index is 3.66. The molecule has 1 aliphatic heterocycles. The van der Waals surface area contributed by atoms with Gasteiger partial charge in [-0.2, -0.15) is 0 Å². The fourth-order valence-corrected chi connectivity index (χ4v) is 2.93. The maximum atomic E-state index is 3.66. The molecule has 0 spiro atoms. The highest BCUT2D eigenvalue weighted by atomic mass is 127. The highest BCUT2D eigenvalue weighted by molar-refractivity contribution is 14.1. The molecule has 0 amide bonds. The molecule has 1 aliphatic rings. The highest BCUT2D eigenvalue weighted by Gasteiger charge is 2.18. The molecule has 2 nitrogen and oxygen atoms in total. The van der Waals surface area contributed by atoms with Gasteiger partial charge in [0.05, 0.1) is 0 Å². The maximum Gasteiger partial charge on any atom is 0.0352 e. The average Bonchev–Trinajstić information content (AvgIpc) is 2.38. The quantitative estimate of drug-likeness (QED) is 0.633. The average molecular weight is 370 g/mol. The molecule has 0 saturated carbocycles. The Morgan fingerprint density at radius 1 is 1.37 bits per heavy atom. The lowest BCUT2D eigenvalue weighted by molar-refractivity contribution is 0.240. The summed E-state index contributed by atoms with van der Waals surface area (Å²) in [5.74, 6) is 0. The number of nitrogens with zero attached hydrogens (tertiary/aromatic N) is 1. The van der Waals surface area contributed by atoms with Crippen LogP contribution in [0, 0.1) is 3.57 Å². The van der Waals surface area contributed by atoms with Crippen LogP contribution in [0.2, 0.25) is 0 Å². The Hall–Kier alpha value is -0.550. The molecule has 1 N–H and O–H groups in total. The zero-order valence-electron chi connectivity index (χ0n) is 11.8. The van der Waals surface area contributed by atoms with Crippen LogP contribution in [0.15, 0.2) is 35.9 Å². The van der Waals surface area contributed by atoms with E-state index in [2.05, 4.69) is 77.0 Å². The zero-order valence-corrected chi connectivity index (χ0v) is 14.0. The fraction of sp³-hybridized carbons (Fsp3) is 0.500. The van der Waals surface area contributed by atoms with Crippen LogP contribution in [0.25, 0.3) is 0 Å². The largest absolute Gasteiger partial charge is 0.382 e. The van der Waals surface area contributed by atoms with Gasteiger partial charge < -0.3 is 5.32 Å². The van der Waals surface area contributed by atoms with E-state index in [0.717, 1.165) is 6.54 Å². The van der Waals surface area contributed by atoms with Crippen LogP contribution in [0.5, 0.6) is 0 Å². The number of rotatable bonds is 4. The van der Waals surface area contributed by atoms with Crippen molar-refractivity contribution in [3.05, 3.63) is 39.5 Å². The SMILES string of the molecule is CC(C)=CCN1CCC(Nc2cccc(I)c2)CC1. The number of allylic oxidation sites excluding steroid dienone is 1. The topological polar surface area (TPSA) is 15.3 Å². The van der Waals surface area contributed by atoms with E-state index in [9.17, 15) is 0 Å². The number of hydrogen-bond donors (Lipinski definition) is 1. The minimum absolute atomic E-state index is 0.626. The van der Waals surface area contributed by atoms with Gasteiger partial charge in [-0.3, -0.25) is 4.90 Å². The standard InChI is InChI=1S/C16H23IN2/c1-13(2)6-9-19-10-7-15(8-11-19)18-16-5-3-4-14(17)12-16/h3-6,12,15,18H,7-11H2,1-2H3. The summed E-state index contributed by atoms with van der Waals surface area (Å²) in [6.45, 7) is 7.85. The van der Waals surface area contributed by atoms with Crippen molar-refractivity contribution in [2.24, 2.45) is 0 Å². The van der Waals surface area contributed by atoms with Crippen molar-refractivity contribution in [2.45, 2.75) is 32.7 Å². The number of hydrogen-bond acceptors (Lipinski definition) is 2. The number of halogens is 1. The van der Waals surface area contributed by atoms with Crippen LogP contribution in [0.1, 0.15) is 26.7 Å². The molecule has 0 aliphatic carbocycles. The molecular weight excluding hydrogens is 347 g/mol. The summed E-state index contributed by atoms with van der Waals surface area (Å²) in [6.07, 6.45) is 4.80. The molecule has 1 heterocycles. The molecule has 0 radical (unpaired) electrons. The second-order valence-corrected chi connectivity index (χ2v) is 6.76. The molecule has 104 valence electrons. The van der Waals surface area contributed by atoms with E-state index >= 15 is 0 Å². The van der Waals surface area contributed by atoms with Crippen LogP contribution in [-0.4, -0.2) is 30.6 Å². The van der Waals surface area contributed by atoms with E-state index < -0.39 is 0 Å². The van der Waals surface area contributed by atoms with Crippen molar-refractivity contribution in [2.75, 3.05) is 25.0 Å². The Labute approximate surface area is 130 Å². The third-order valence-electron chi connectivity index (χ3n) is 3.54. The van der Waals surface area contributed by atoms with E-state index in [1.807, 2.05) is 0 Å². The zero-order chi connectivity index (χ0) is 13.7. The van der Waals surface area contributed by atoms with Gasteiger partial charge in [-0.25, -0.2) is 0 Å². The van der Waals surface area contributed by atoms with Gasteiger partial charge in [-0.1, -0.05) is 17.7 Å². The van der Waals surface area contributed by atoms with Crippen LogP contribution < -0.4 is 5.32 Å². The molecule has 0 bridgehead atoms. The summed E-state index contributed by atoms with van der Waals surface area (Å²) in [6, 6.07) is 9.26. The van der Waals surface area contributed by atoms with E-state index in [4.69, 9.17) is 0 Å². The normalized spacial score (nSPS) is 17.2. The van der Waals surface area contributed by atoms with Gasteiger partial charge in [0, 0.05) is 34.9 Å². The molecule has 0 atom stereocenters. The Kier molecular flexibility index (Phi) is 5.70. The van der Waals surface area contributed by atoms with Gasteiger partial charge in [0.2, 0.25) is 0 Å². The first kappa shape index (κ1) is 14.9. The molecular formula is C16H23IN2. The first-order valence-corrected chi connectivity index (χ1v) is 8.09. The second-order valence-electron chi connectivity index (χ2n) is 5.51. The third-order valence-corrected chi connectivity index (χ3v) is 4.21. The fourth-order valence-electron chi connectivity index (χ4n) is 2.39. The highest BCUT2D eigenvalue weighted by Crippen LogP contribution is 2.18. The Morgan fingerprint density at radius 2 is 2.11 bits per heavy atom. The van der Waals surface area contributed by atoms with Gasteiger partial charge in [0.15, 0.2) is 0 Å². The third kappa shape index (κ3) is 5.15. The van der Waals surface area contributed by atoms with Crippen LogP contribution in [0.3, 0.4) is 0 Å². The molecule has 0 unspecified atom stereocenters. The lowest BCUT2D eigenvalue weighted by atomic mass is 10.0. The Morgan fingerprint density at radius 3 is 2.74 bits per heavy atom. The molecule has 1 aromatic rings. The summed E-state index contributed by atoms with van der Waals surface area (Å²) in [5, 5.41) is 3.66. The first-order valence-electron chi connectivity index (χ1n) is 7.01. The van der Waals surface area contributed by atoms with Gasteiger partial charge in [-0.05, 0) is 67.5 Å². The summed E-state index contributed by atoms with van der Waals surface area (Å²) in [5.41, 5.74) is 2.67. The molecule has 1 saturated heterocycles. The smallest absolute Gasteiger partial charge is 0.0352 e. The van der Waals surface area contributed by atoms with E-state index in [1.54, 1.807) is 0 Å². The lowest BCUT2D eigenvalue weighted by Crippen LogP contribution is -2.39. The van der Waals surface area contributed by atoms with Crippen molar-refractivity contribution < 1.29 is 0 Å². The minimum atomic E-state index is 0.626. The van der Waals surface area contributed by atoms with Crippen molar-refractivity contribution in [1.82, 2.24) is 4.90 Å². The minimum Gasteiger partial charge on any atom is -0.382 e. The number of piperidine rings is 1. The summed E-state index contributed by atoms with van der Waals surface area (Å²) in [7, 11) is 0. The van der Waals surface area contributed by atoms with E-state index in [0.29, 0.717) is 6.04 Å². The molecule has 19 heavy (non-hydrogen) atoms. The summed E-state index contributed by atoms with van der Waals surface area (Å²) >= 11 is 2.37. The Bertz CT molecular complexity index is 430. The van der Waals surface area contributed by atoms with Crippen molar-refractivity contribution in [3.8, 4) is 0 Å². The summed E-state index contributed by atoms with van der Waals surface area (Å²) in [4.78, 5) is 2.54. The molecule has 1 aromatic carbocycles. The lowest BCUT2D eigenvalue weighted by Gasteiger charge is -2.32. The van der Waals surface area contributed by atoms with Crippen LogP contribution >= 0.6 is 22.6 Å². The van der Waals surface area contributed by atoms with Crippen LogP contribution in [0.4, 0.5) is 5.69 Å². The molecule has 3 heteroatoms. The van der Waals surface area contributed by atoms with Gasteiger partial charge in [0.1, 0.15) is 0 Å². The molecule has 0 aromatic heterocycles. The number of nitrogens with one attached hydrogen (secondary N) is 1. The molecule has 1 fully saturated rings. The van der Waals surface area contributed by atoms with Gasteiger partial charge in [0.25, 0.3) is 0 Å². The molecule has 2 rings (SSSR count). The van der Waals surface area contributed by atoms with E-state index in [-0.39, 0.29) is 0 Å². The van der Waals surface area contributed by atoms with Crippen LogP contribution in [-0.2, 0) is 0 Å². The second kappa shape index (κ2) is 7.29. The van der Waals surface area contributed by atoms with Crippen molar-refractivity contribution >= 4 is 28.3 Å². The Balaban J connectivity index is 1.79. The predicted molar refractivity (Wildman–Crippen MR) is 91.7 cm³/mol. The van der Waals surface area contributed by atoms with Crippen molar-refractivity contribution in [1.29, 1.82) is 0 Å². The number of anilines is 1. The van der Waals surface area contributed by atoms with E-state index in [1.165, 1.54) is 40.8 Å². The number of benzene rings is 1. The van der Waals surface area contributed by atoms with Crippen molar-refractivity contribution in [3.63, 3.8) is 0 Å². The first-order chi connectivity index (χ1) is 9.13.